The number of ether oxygens (including phenoxy) is 1. The number of benzene rings is 2. The van der Waals surface area contributed by atoms with E-state index >= 15 is 0 Å². The number of nitrogen functional groups attached to an aromatic ring is 1. The molecule has 0 bridgehead atoms. The van der Waals surface area contributed by atoms with E-state index in [0.717, 1.165) is 0 Å². The molecule has 0 fully saturated rings. The van der Waals surface area contributed by atoms with E-state index in [2.05, 4.69) is 20.0 Å². The van der Waals surface area contributed by atoms with Crippen LogP contribution < -0.4 is 15.2 Å². The van der Waals surface area contributed by atoms with E-state index in [1.165, 1.54) is 43.5 Å². The number of hydrogen-bond acceptors (Lipinski definition) is 7. The number of hydrogen-bond donors (Lipinski definition) is 3. The molecule has 1 aromatic heterocycles. The molecule has 0 aliphatic rings. The van der Waals surface area contributed by atoms with Crippen molar-refractivity contribution in [3.63, 3.8) is 0 Å². The quantitative estimate of drug-likeness (QED) is 0.477. The molecule has 130 valence electrons. The monoisotopic (exact) mass is 362 g/mol. The van der Waals surface area contributed by atoms with E-state index in [1.807, 2.05) is 0 Å². The van der Waals surface area contributed by atoms with Crippen LogP contribution in [-0.2, 0) is 14.9 Å². The molecule has 0 unspecified atom stereocenters. The zero-order chi connectivity index (χ0) is 18.0. The molecule has 9 nitrogen and oxygen atoms in total. The van der Waals surface area contributed by atoms with Crippen molar-refractivity contribution in [3.05, 3.63) is 42.5 Å². The first-order valence-electron chi connectivity index (χ1n) is 7.02. The van der Waals surface area contributed by atoms with Crippen molar-refractivity contribution in [2.45, 2.75) is 4.90 Å². The normalized spacial score (nSPS) is 11.2. The summed E-state index contributed by atoms with van der Waals surface area (Å²) < 4.78 is 34.1. The number of nitrogens with one attached hydrogen (secondary N) is 2. The number of amides is 1. The Balaban J connectivity index is 1.86. The molecule has 0 saturated heterocycles. The summed E-state index contributed by atoms with van der Waals surface area (Å²) in [7, 11) is -2.77. The van der Waals surface area contributed by atoms with Crippen LogP contribution in [0.4, 0.5) is 16.4 Å². The molecule has 2 aromatic carbocycles. The fourth-order valence-electron chi connectivity index (χ4n) is 2.05. The summed E-state index contributed by atoms with van der Waals surface area (Å²) in [4.78, 5) is 18.1. The average Bonchev–Trinajstić information content (AvgIpc) is 2.96. The van der Waals surface area contributed by atoms with Crippen molar-refractivity contribution in [1.29, 1.82) is 0 Å². The first-order valence-corrected chi connectivity index (χ1v) is 8.43. The maximum atomic E-state index is 12.3. The fraction of sp³-hybridized carbons (Fsp3) is 0.0667. The average molecular weight is 362 g/mol. The smallest absolute Gasteiger partial charge is 0.413 e. The summed E-state index contributed by atoms with van der Waals surface area (Å²) >= 11 is 0. The summed E-state index contributed by atoms with van der Waals surface area (Å²) in [6, 6.07) is 10.1. The molecule has 0 aliphatic heterocycles. The van der Waals surface area contributed by atoms with Gasteiger partial charge in [0, 0.05) is 11.8 Å². The molecule has 25 heavy (non-hydrogen) atoms. The van der Waals surface area contributed by atoms with Crippen molar-refractivity contribution >= 4 is 38.9 Å². The number of anilines is 2. The van der Waals surface area contributed by atoms with Gasteiger partial charge in [-0.25, -0.2) is 9.78 Å². The van der Waals surface area contributed by atoms with Gasteiger partial charge in [0.25, 0.3) is 0 Å². The zero-order valence-corrected chi connectivity index (χ0v) is 13.8. The molecular weight excluding hydrogens is 348 g/mol. The number of rotatable bonds is 4. The Morgan fingerprint density at radius 3 is 2.60 bits per heavy atom. The molecule has 0 atom stereocenters. The zero-order valence-electron chi connectivity index (χ0n) is 13.0. The van der Waals surface area contributed by atoms with Crippen LogP contribution in [0.5, 0.6) is 5.75 Å². The lowest BCUT2D eigenvalue weighted by Gasteiger charge is -2.07. The van der Waals surface area contributed by atoms with Crippen LogP contribution in [0.25, 0.3) is 11.0 Å². The van der Waals surface area contributed by atoms with Gasteiger partial charge in [-0.05, 0) is 36.4 Å². The number of methoxy groups -OCH3 is 1. The molecular formula is C15H14N4O5S. The van der Waals surface area contributed by atoms with E-state index in [-0.39, 0.29) is 16.6 Å². The lowest BCUT2D eigenvalue weighted by atomic mass is 10.3. The number of imidazole rings is 1. The Labute approximate surface area is 142 Å². The molecule has 1 amide bonds. The van der Waals surface area contributed by atoms with Crippen LogP contribution in [-0.4, -0.2) is 31.6 Å². The minimum Gasteiger partial charge on any atom is -0.453 e. The lowest BCUT2D eigenvalue weighted by Crippen LogP contribution is -2.11. The molecule has 4 N–H and O–H groups in total. The molecule has 1 heterocycles. The van der Waals surface area contributed by atoms with Crippen molar-refractivity contribution in [3.8, 4) is 5.75 Å². The maximum Gasteiger partial charge on any atom is 0.413 e. The molecule has 0 aliphatic carbocycles. The maximum absolute atomic E-state index is 12.3. The Kier molecular flexibility index (Phi) is 4.19. The molecule has 0 radical (unpaired) electrons. The number of carbonyl (C=O) groups is 1. The Morgan fingerprint density at radius 2 is 1.92 bits per heavy atom. The van der Waals surface area contributed by atoms with Crippen LogP contribution in [0.15, 0.2) is 47.4 Å². The number of carbonyl (C=O) groups excluding carboxylic acids is 1. The van der Waals surface area contributed by atoms with Crippen LogP contribution in [0, 0.1) is 0 Å². The van der Waals surface area contributed by atoms with Crippen LogP contribution >= 0.6 is 0 Å². The topological polar surface area (TPSA) is 136 Å². The van der Waals surface area contributed by atoms with Crippen molar-refractivity contribution in [2.24, 2.45) is 0 Å². The van der Waals surface area contributed by atoms with E-state index in [0.29, 0.717) is 16.7 Å². The Morgan fingerprint density at radius 1 is 1.20 bits per heavy atom. The summed E-state index contributed by atoms with van der Waals surface area (Å²) in [5, 5.41) is 2.38. The fourth-order valence-corrected chi connectivity index (χ4v) is 2.98. The SMILES string of the molecule is COC(=O)Nc1nc2cc(OS(=O)(=O)c3ccc(N)cc3)ccc2[nH]1. The molecule has 10 heteroatoms. The number of nitrogens with zero attached hydrogens (tertiary/aromatic N) is 1. The van der Waals surface area contributed by atoms with E-state index in [1.54, 1.807) is 6.07 Å². The van der Waals surface area contributed by atoms with Crippen LogP contribution in [0.1, 0.15) is 0 Å². The third-order valence-corrected chi connectivity index (χ3v) is 4.50. The van der Waals surface area contributed by atoms with Gasteiger partial charge in [0.2, 0.25) is 5.95 Å². The number of aromatic nitrogens is 2. The molecule has 3 rings (SSSR count). The van der Waals surface area contributed by atoms with Gasteiger partial charge in [-0.1, -0.05) is 0 Å². The van der Waals surface area contributed by atoms with Gasteiger partial charge in [0.05, 0.1) is 18.1 Å². The predicted molar refractivity (Wildman–Crippen MR) is 90.8 cm³/mol. The second-order valence-electron chi connectivity index (χ2n) is 4.99. The lowest BCUT2D eigenvalue weighted by molar-refractivity contribution is 0.186. The second kappa shape index (κ2) is 6.32. The predicted octanol–water partition coefficient (Wildman–Crippen LogP) is 2.09. The van der Waals surface area contributed by atoms with Crippen molar-refractivity contribution < 1.29 is 22.1 Å². The van der Waals surface area contributed by atoms with Gasteiger partial charge >= 0.3 is 16.2 Å². The van der Waals surface area contributed by atoms with Crippen LogP contribution in [0.3, 0.4) is 0 Å². The number of aromatic amines is 1. The van der Waals surface area contributed by atoms with Gasteiger partial charge in [-0.3, -0.25) is 5.32 Å². The van der Waals surface area contributed by atoms with E-state index < -0.39 is 16.2 Å². The summed E-state index contributed by atoms with van der Waals surface area (Å²) in [6.45, 7) is 0. The van der Waals surface area contributed by atoms with Gasteiger partial charge in [-0.15, -0.1) is 0 Å². The van der Waals surface area contributed by atoms with Gasteiger partial charge in [0.1, 0.15) is 10.6 Å². The van der Waals surface area contributed by atoms with Crippen LogP contribution in [0.2, 0.25) is 0 Å². The summed E-state index contributed by atoms with van der Waals surface area (Å²) in [6.07, 6.45) is -0.679. The largest absolute Gasteiger partial charge is 0.453 e. The highest BCUT2D eigenvalue weighted by molar-refractivity contribution is 7.87. The molecule has 0 spiro atoms. The number of H-pyrrole nitrogens is 1. The first kappa shape index (κ1) is 16.6. The Bertz CT molecular complexity index is 1030. The second-order valence-corrected chi connectivity index (χ2v) is 6.53. The summed E-state index contributed by atoms with van der Waals surface area (Å²) in [5.74, 6) is 0.251. The minimum atomic E-state index is -4.00. The Hall–Kier alpha value is -3.27. The summed E-state index contributed by atoms with van der Waals surface area (Å²) in [5.41, 5.74) is 6.99. The van der Waals surface area contributed by atoms with Crippen molar-refractivity contribution in [1.82, 2.24) is 9.97 Å². The first-order chi connectivity index (χ1) is 11.9. The van der Waals surface area contributed by atoms with E-state index in [9.17, 15) is 13.2 Å². The van der Waals surface area contributed by atoms with Crippen molar-refractivity contribution in [2.75, 3.05) is 18.2 Å². The highest BCUT2D eigenvalue weighted by atomic mass is 32.2. The third kappa shape index (κ3) is 3.63. The minimum absolute atomic E-state index is 0.0168. The number of fused-ring (bicyclic) bond motifs is 1. The van der Waals surface area contributed by atoms with E-state index in [4.69, 9.17) is 9.92 Å². The number of nitrogens with two attached hydrogens (primary N) is 1. The van der Waals surface area contributed by atoms with Gasteiger partial charge < -0.3 is 19.6 Å². The third-order valence-electron chi connectivity index (χ3n) is 3.24. The standard InChI is InChI=1S/C15H14N4O5S/c1-23-15(20)19-14-17-12-7-4-10(8-13(12)18-14)24-25(21,22)11-5-2-9(16)3-6-11/h2-8H,16H2,1H3,(H2,17,18,19,20). The molecule has 0 saturated carbocycles. The highest BCUT2D eigenvalue weighted by Gasteiger charge is 2.17. The van der Waals surface area contributed by atoms with Gasteiger partial charge in [0.15, 0.2) is 0 Å². The van der Waals surface area contributed by atoms with Gasteiger partial charge in [-0.2, -0.15) is 8.42 Å². The molecule has 3 aromatic rings. The highest BCUT2D eigenvalue weighted by Crippen LogP contribution is 2.24.